The molecular formula is C18H16Cl2F2N4O2. The van der Waals surface area contributed by atoms with E-state index >= 15 is 0 Å². The molecule has 2 amide bonds. The summed E-state index contributed by atoms with van der Waals surface area (Å²) in [7, 11) is 0. The summed E-state index contributed by atoms with van der Waals surface area (Å²) in [5.74, 6) is -2.46. The number of anilines is 2. The van der Waals surface area contributed by atoms with Crippen LogP contribution in [0.4, 0.5) is 20.3 Å². The Morgan fingerprint density at radius 3 is 2.75 bits per heavy atom. The fraction of sp³-hybridized carbons (Fsp3) is 0.278. The van der Waals surface area contributed by atoms with Gasteiger partial charge in [0.1, 0.15) is 17.5 Å². The van der Waals surface area contributed by atoms with E-state index < -0.39 is 17.6 Å². The fourth-order valence-corrected chi connectivity index (χ4v) is 3.32. The van der Waals surface area contributed by atoms with Gasteiger partial charge in [0.25, 0.3) is 0 Å². The van der Waals surface area contributed by atoms with Gasteiger partial charge in [-0.1, -0.05) is 23.2 Å². The van der Waals surface area contributed by atoms with Gasteiger partial charge in [-0.3, -0.25) is 9.59 Å². The standard InChI is InChI=1S/C18H16Cl2F2N4O2/c19-11-6-13(20)17(25-8-11)23-3-4-24-18(28)10-5-16(27)26(9-10)15-2-1-12(21)7-14(15)22/h1-2,6-8,10H,3-5,9H2,(H,23,25)(H,24,28). The lowest BCUT2D eigenvalue weighted by Gasteiger charge is -2.17. The van der Waals surface area contributed by atoms with Crippen LogP contribution < -0.4 is 15.5 Å². The summed E-state index contributed by atoms with van der Waals surface area (Å²) in [5.41, 5.74) is -0.0354. The molecule has 1 fully saturated rings. The predicted octanol–water partition coefficient (Wildman–Crippen LogP) is 3.25. The Bertz CT molecular complexity index is 913. The van der Waals surface area contributed by atoms with Crippen LogP contribution in [-0.2, 0) is 9.59 Å². The summed E-state index contributed by atoms with van der Waals surface area (Å²) in [6.07, 6.45) is 1.41. The zero-order chi connectivity index (χ0) is 20.3. The number of rotatable bonds is 6. The van der Waals surface area contributed by atoms with Crippen LogP contribution >= 0.6 is 23.2 Å². The molecule has 0 radical (unpaired) electrons. The maximum Gasteiger partial charge on any atom is 0.227 e. The minimum absolute atomic E-state index is 0.0330. The van der Waals surface area contributed by atoms with Gasteiger partial charge in [-0.25, -0.2) is 13.8 Å². The predicted molar refractivity (Wildman–Crippen MR) is 103 cm³/mol. The van der Waals surface area contributed by atoms with Crippen LogP contribution in [0.5, 0.6) is 0 Å². The Morgan fingerprint density at radius 1 is 1.25 bits per heavy atom. The highest BCUT2D eigenvalue weighted by Gasteiger charge is 2.36. The number of amides is 2. The minimum Gasteiger partial charge on any atom is -0.367 e. The third-order valence-corrected chi connectivity index (χ3v) is 4.72. The summed E-state index contributed by atoms with van der Waals surface area (Å²) < 4.78 is 26.9. The van der Waals surface area contributed by atoms with Crippen molar-refractivity contribution in [2.75, 3.05) is 29.9 Å². The molecule has 6 nitrogen and oxygen atoms in total. The normalized spacial score (nSPS) is 16.4. The smallest absolute Gasteiger partial charge is 0.227 e. The topological polar surface area (TPSA) is 74.3 Å². The van der Waals surface area contributed by atoms with Crippen molar-refractivity contribution in [3.8, 4) is 0 Å². The highest BCUT2D eigenvalue weighted by Crippen LogP contribution is 2.28. The van der Waals surface area contributed by atoms with Crippen molar-refractivity contribution in [2.45, 2.75) is 6.42 Å². The molecule has 0 bridgehead atoms. The Kier molecular flexibility index (Phi) is 6.31. The Morgan fingerprint density at radius 2 is 2.04 bits per heavy atom. The summed E-state index contributed by atoms with van der Waals surface area (Å²) in [6.45, 7) is 0.664. The molecule has 2 aromatic rings. The molecular weight excluding hydrogens is 413 g/mol. The molecule has 1 aromatic carbocycles. The van der Waals surface area contributed by atoms with E-state index in [1.54, 1.807) is 6.07 Å². The highest BCUT2D eigenvalue weighted by atomic mass is 35.5. The zero-order valence-electron chi connectivity index (χ0n) is 14.5. The van der Waals surface area contributed by atoms with Crippen LogP contribution in [0, 0.1) is 17.6 Å². The third-order valence-electron chi connectivity index (χ3n) is 4.22. The molecule has 2 heterocycles. The van der Waals surface area contributed by atoms with Gasteiger partial charge < -0.3 is 15.5 Å². The lowest BCUT2D eigenvalue weighted by atomic mass is 10.1. The second kappa shape index (κ2) is 8.70. The number of hydrogen-bond acceptors (Lipinski definition) is 4. The van der Waals surface area contributed by atoms with Gasteiger partial charge in [0, 0.05) is 38.3 Å². The molecule has 3 rings (SSSR count). The van der Waals surface area contributed by atoms with Crippen molar-refractivity contribution in [2.24, 2.45) is 5.92 Å². The molecule has 1 atom stereocenters. The van der Waals surface area contributed by atoms with Gasteiger partial charge >= 0.3 is 0 Å². The first kappa shape index (κ1) is 20.3. The molecule has 10 heteroatoms. The molecule has 148 valence electrons. The highest BCUT2D eigenvalue weighted by molar-refractivity contribution is 6.35. The van der Waals surface area contributed by atoms with Crippen molar-refractivity contribution in [3.05, 3.63) is 52.1 Å². The maximum absolute atomic E-state index is 13.9. The van der Waals surface area contributed by atoms with E-state index in [2.05, 4.69) is 15.6 Å². The number of carbonyl (C=O) groups is 2. The van der Waals surface area contributed by atoms with Crippen LogP contribution in [0.1, 0.15) is 6.42 Å². The van der Waals surface area contributed by atoms with Gasteiger partial charge in [-0.15, -0.1) is 0 Å². The Hall–Kier alpha value is -2.45. The molecule has 1 saturated heterocycles. The van der Waals surface area contributed by atoms with Gasteiger partial charge in [-0.05, 0) is 18.2 Å². The molecule has 1 unspecified atom stereocenters. The molecule has 28 heavy (non-hydrogen) atoms. The molecule has 0 aliphatic carbocycles. The van der Waals surface area contributed by atoms with Gasteiger partial charge in [0.05, 0.1) is 21.7 Å². The molecule has 0 saturated carbocycles. The van der Waals surface area contributed by atoms with Crippen LogP contribution in [-0.4, -0.2) is 36.4 Å². The Balaban J connectivity index is 1.50. The summed E-state index contributed by atoms with van der Waals surface area (Å²) in [6, 6.07) is 4.51. The largest absolute Gasteiger partial charge is 0.367 e. The molecule has 1 aliphatic heterocycles. The van der Waals surface area contributed by atoms with Crippen LogP contribution in [0.25, 0.3) is 0 Å². The van der Waals surface area contributed by atoms with E-state index in [9.17, 15) is 18.4 Å². The van der Waals surface area contributed by atoms with E-state index in [1.807, 2.05) is 0 Å². The van der Waals surface area contributed by atoms with Crippen molar-refractivity contribution in [1.29, 1.82) is 0 Å². The maximum atomic E-state index is 13.9. The van der Waals surface area contributed by atoms with Crippen molar-refractivity contribution in [3.63, 3.8) is 0 Å². The summed E-state index contributed by atoms with van der Waals surface area (Å²) in [5, 5.41) is 6.45. The van der Waals surface area contributed by atoms with Crippen LogP contribution in [0.15, 0.2) is 30.5 Å². The number of aromatic nitrogens is 1. The van der Waals surface area contributed by atoms with E-state index in [0.717, 1.165) is 11.0 Å². The SMILES string of the molecule is O=C(NCCNc1ncc(Cl)cc1Cl)C1CC(=O)N(c2ccc(F)cc2F)C1. The molecule has 1 aromatic heterocycles. The number of nitrogens with zero attached hydrogens (tertiary/aromatic N) is 2. The number of carbonyl (C=O) groups excluding carboxylic acids is 2. The van der Waals surface area contributed by atoms with E-state index in [0.29, 0.717) is 28.5 Å². The van der Waals surface area contributed by atoms with Gasteiger partial charge in [0.2, 0.25) is 11.8 Å². The third kappa shape index (κ3) is 4.69. The quantitative estimate of drug-likeness (QED) is 0.692. The first-order valence-corrected chi connectivity index (χ1v) is 9.19. The fourth-order valence-electron chi connectivity index (χ4n) is 2.87. The molecule has 1 aliphatic rings. The Labute approximate surface area is 169 Å². The van der Waals surface area contributed by atoms with Crippen molar-refractivity contribution >= 4 is 46.5 Å². The zero-order valence-corrected chi connectivity index (χ0v) is 16.0. The monoisotopic (exact) mass is 428 g/mol. The second-order valence-electron chi connectivity index (χ2n) is 6.20. The average Bonchev–Trinajstić information content (AvgIpc) is 3.02. The number of nitrogens with one attached hydrogen (secondary N) is 2. The number of halogens is 4. The second-order valence-corrected chi connectivity index (χ2v) is 7.05. The van der Waals surface area contributed by atoms with E-state index in [-0.39, 0.29) is 37.0 Å². The molecule has 0 spiro atoms. The van der Waals surface area contributed by atoms with Gasteiger partial charge in [-0.2, -0.15) is 0 Å². The number of pyridine rings is 1. The first-order valence-electron chi connectivity index (χ1n) is 8.43. The van der Waals surface area contributed by atoms with Crippen molar-refractivity contribution < 1.29 is 18.4 Å². The van der Waals surface area contributed by atoms with Crippen LogP contribution in [0.3, 0.4) is 0 Å². The van der Waals surface area contributed by atoms with Gasteiger partial charge in [0.15, 0.2) is 0 Å². The van der Waals surface area contributed by atoms with E-state index in [1.165, 1.54) is 12.3 Å². The number of hydrogen-bond donors (Lipinski definition) is 2. The first-order chi connectivity index (χ1) is 13.3. The molecule has 2 N–H and O–H groups in total. The number of benzene rings is 1. The van der Waals surface area contributed by atoms with Crippen molar-refractivity contribution in [1.82, 2.24) is 10.3 Å². The summed E-state index contributed by atoms with van der Waals surface area (Å²) in [4.78, 5) is 29.6. The lowest BCUT2D eigenvalue weighted by molar-refractivity contribution is -0.126. The summed E-state index contributed by atoms with van der Waals surface area (Å²) >= 11 is 11.8. The lowest BCUT2D eigenvalue weighted by Crippen LogP contribution is -2.35. The van der Waals surface area contributed by atoms with E-state index in [4.69, 9.17) is 23.2 Å². The van der Waals surface area contributed by atoms with Crippen LogP contribution in [0.2, 0.25) is 10.0 Å². The average molecular weight is 429 g/mol. The minimum atomic E-state index is -0.842.